The van der Waals surface area contributed by atoms with Crippen LogP contribution in [0.15, 0.2) is 64.1 Å². The fourth-order valence-corrected chi connectivity index (χ4v) is 5.58. The van der Waals surface area contributed by atoms with E-state index >= 15 is 0 Å². The minimum Gasteiger partial charge on any atom is -0.467 e. The van der Waals surface area contributed by atoms with E-state index in [1.807, 2.05) is 0 Å². The van der Waals surface area contributed by atoms with Crippen LogP contribution in [-0.4, -0.2) is 47.8 Å². The zero-order valence-corrected chi connectivity index (χ0v) is 21.6. The quantitative estimate of drug-likeness (QED) is 0.271. The van der Waals surface area contributed by atoms with Crippen LogP contribution in [0, 0.1) is 10.1 Å². The molecule has 11 nitrogen and oxygen atoms in total. The lowest BCUT2D eigenvalue weighted by Gasteiger charge is -2.29. The summed E-state index contributed by atoms with van der Waals surface area (Å²) in [5, 5.41) is 11.1. The maximum Gasteiger partial charge on any atom is 0.289 e. The zero-order valence-electron chi connectivity index (χ0n) is 20.0. The average molecular weight is 550 g/mol. The van der Waals surface area contributed by atoms with Gasteiger partial charge >= 0.3 is 0 Å². The molecule has 196 valence electrons. The molecule has 1 aliphatic heterocycles. The molecule has 0 bridgehead atoms. The van der Waals surface area contributed by atoms with E-state index in [1.165, 1.54) is 17.2 Å². The highest BCUT2D eigenvalue weighted by Crippen LogP contribution is 2.33. The number of amides is 1. The number of ether oxygens (including phenoxy) is 2. The molecule has 0 atom stereocenters. The molecule has 2 aromatic carbocycles. The molecule has 1 aliphatic rings. The summed E-state index contributed by atoms with van der Waals surface area (Å²) in [5.74, 6) is 1.18. The normalized spacial score (nSPS) is 12.8. The number of benzene rings is 2. The van der Waals surface area contributed by atoms with Crippen LogP contribution in [0.4, 0.5) is 5.69 Å². The third-order valence-corrected chi connectivity index (χ3v) is 8.02. The first kappa shape index (κ1) is 26.5. The van der Waals surface area contributed by atoms with Gasteiger partial charge in [-0.05, 0) is 55.8 Å². The number of halogens is 1. The second kappa shape index (κ2) is 10.8. The molecule has 4 rings (SSSR count). The van der Waals surface area contributed by atoms with Gasteiger partial charge in [0.25, 0.3) is 5.69 Å². The summed E-state index contributed by atoms with van der Waals surface area (Å²) >= 11 is 5.85. The number of rotatable bonds is 10. The molecule has 0 saturated heterocycles. The van der Waals surface area contributed by atoms with E-state index in [1.54, 1.807) is 44.2 Å². The molecule has 0 saturated carbocycles. The fourth-order valence-electron chi connectivity index (χ4n) is 3.79. The highest BCUT2D eigenvalue weighted by Gasteiger charge is 2.32. The molecule has 1 amide bonds. The lowest BCUT2D eigenvalue weighted by Crippen LogP contribution is -2.45. The van der Waals surface area contributed by atoms with Gasteiger partial charge in [0.15, 0.2) is 11.5 Å². The first-order chi connectivity index (χ1) is 17.6. The van der Waals surface area contributed by atoms with Crippen LogP contribution < -0.4 is 9.47 Å². The number of nitrogens with zero attached hydrogens (tertiary/aromatic N) is 3. The second-order valence-electron chi connectivity index (χ2n) is 8.53. The number of hydrogen-bond acceptors (Lipinski definition) is 8. The molecular formula is C24H24ClN3O8S. The SMILES string of the molecule is CC(C)N(CC(=O)N(Cc1ccc2c(c1)OCO2)Cc1ccco1)S(=O)(=O)c1ccc(Cl)c([N+](=O)[O-])c1. The van der Waals surface area contributed by atoms with Crippen LogP contribution in [0.2, 0.25) is 5.02 Å². The van der Waals surface area contributed by atoms with Crippen LogP contribution in [0.1, 0.15) is 25.2 Å². The minimum atomic E-state index is -4.28. The van der Waals surface area contributed by atoms with E-state index in [2.05, 4.69) is 0 Å². The smallest absolute Gasteiger partial charge is 0.289 e. The Morgan fingerprint density at radius 2 is 1.86 bits per heavy atom. The Kier molecular flexibility index (Phi) is 7.71. The van der Waals surface area contributed by atoms with Crippen LogP contribution in [0.3, 0.4) is 0 Å². The van der Waals surface area contributed by atoms with Crippen molar-refractivity contribution in [3.8, 4) is 11.5 Å². The number of carbonyl (C=O) groups excluding carboxylic acids is 1. The molecule has 0 aliphatic carbocycles. The predicted octanol–water partition coefficient (Wildman–Crippen LogP) is 4.20. The lowest BCUT2D eigenvalue weighted by molar-refractivity contribution is -0.384. The van der Waals surface area contributed by atoms with E-state index in [-0.39, 0.29) is 29.8 Å². The van der Waals surface area contributed by atoms with Gasteiger partial charge in [-0.15, -0.1) is 0 Å². The molecule has 0 fully saturated rings. The van der Waals surface area contributed by atoms with Gasteiger partial charge in [0.2, 0.25) is 22.7 Å². The maximum absolute atomic E-state index is 13.5. The molecule has 0 spiro atoms. The Hall–Kier alpha value is -3.61. The lowest BCUT2D eigenvalue weighted by atomic mass is 10.2. The molecule has 0 N–H and O–H groups in total. The second-order valence-corrected chi connectivity index (χ2v) is 10.8. The van der Waals surface area contributed by atoms with Crippen LogP contribution >= 0.6 is 11.6 Å². The Bertz CT molecular complexity index is 1410. The predicted molar refractivity (Wildman–Crippen MR) is 133 cm³/mol. The van der Waals surface area contributed by atoms with Crippen LogP contribution in [0.5, 0.6) is 11.5 Å². The van der Waals surface area contributed by atoms with Gasteiger partial charge in [-0.1, -0.05) is 17.7 Å². The number of nitro benzene ring substituents is 1. The van der Waals surface area contributed by atoms with Gasteiger partial charge in [0, 0.05) is 18.7 Å². The molecule has 0 radical (unpaired) electrons. The maximum atomic E-state index is 13.5. The van der Waals surface area contributed by atoms with Crippen molar-refractivity contribution in [3.63, 3.8) is 0 Å². The van der Waals surface area contributed by atoms with Crippen LogP contribution in [-0.2, 0) is 27.9 Å². The Morgan fingerprint density at radius 3 is 2.54 bits per heavy atom. The number of furan rings is 1. The number of sulfonamides is 1. The summed E-state index contributed by atoms with van der Waals surface area (Å²) in [6, 6.07) is 11.3. The van der Waals surface area contributed by atoms with Gasteiger partial charge in [0.1, 0.15) is 10.8 Å². The highest BCUT2D eigenvalue weighted by atomic mass is 35.5. The Labute approximate surface area is 218 Å². The summed E-state index contributed by atoms with van der Waals surface area (Å²) in [4.78, 5) is 25.2. The Morgan fingerprint density at radius 1 is 1.11 bits per heavy atom. The third kappa shape index (κ3) is 5.87. The standard InChI is InChI=1S/C24H24ClN3O8S/c1-16(2)27(37(32,33)19-6-7-20(25)21(11-19)28(30)31)14-24(29)26(13-18-4-3-9-34-18)12-17-5-8-22-23(10-17)36-15-35-22/h3-11,16H,12-15H2,1-2H3. The van der Waals surface area contributed by atoms with Crippen molar-refractivity contribution in [2.24, 2.45) is 0 Å². The van der Waals surface area contributed by atoms with Crippen molar-refractivity contribution in [3.05, 3.63) is 81.3 Å². The molecular weight excluding hydrogens is 526 g/mol. The van der Waals surface area contributed by atoms with E-state index in [0.717, 1.165) is 22.0 Å². The number of hydrogen-bond donors (Lipinski definition) is 0. The minimum absolute atomic E-state index is 0.0959. The van der Waals surface area contributed by atoms with E-state index in [4.69, 9.17) is 25.5 Å². The fraction of sp³-hybridized carbons (Fsp3) is 0.292. The highest BCUT2D eigenvalue weighted by molar-refractivity contribution is 7.89. The largest absolute Gasteiger partial charge is 0.467 e. The number of nitro groups is 1. The summed E-state index contributed by atoms with van der Waals surface area (Å²) < 4.78 is 44.1. The third-order valence-electron chi connectivity index (χ3n) is 5.68. The molecule has 0 unspecified atom stereocenters. The molecule has 37 heavy (non-hydrogen) atoms. The van der Waals surface area contributed by atoms with Crippen LogP contribution in [0.25, 0.3) is 0 Å². The van der Waals surface area contributed by atoms with Gasteiger partial charge in [-0.2, -0.15) is 4.31 Å². The van der Waals surface area contributed by atoms with Crippen molar-refractivity contribution in [2.75, 3.05) is 13.3 Å². The van der Waals surface area contributed by atoms with E-state index < -0.39 is 39.1 Å². The first-order valence-corrected chi connectivity index (χ1v) is 13.0. The van der Waals surface area contributed by atoms with Crippen molar-refractivity contribution in [1.82, 2.24) is 9.21 Å². The van der Waals surface area contributed by atoms with E-state index in [0.29, 0.717) is 17.3 Å². The van der Waals surface area contributed by atoms with Gasteiger partial charge in [0.05, 0.1) is 29.2 Å². The summed E-state index contributed by atoms with van der Waals surface area (Å²) in [7, 11) is -4.28. The van der Waals surface area contributed by atoms with Gasteiger partial charge < -0.3 is 18.8 Å². The summed E-state index contributed by atoms with van der Waals surface area (Å²) in [5.41, 5.74) is 0.205. The van der Waals surface area contributed by atoms with Crippen molar-refractivity contribution >= 4 is 33.2 Å². The molecule has 2 heterocycles. The number of carbonyl (C=O) groups is 1. The monoisotopic (exact) mass is 549 g/mol. The zero-order chi connectivity index (χ0) is 26.7. The number of fused-ring (bicyclic) bond motifs is 1. The van der Waals surface area contributed by atoms with Gasteiger partial charge in [-0.25, -0.2) is 8.42 Å². The topological polar surface area (TPSA) is 132 Å². The van der Waals surface area contributed by atoms with Crippen molar-refractivity contribution in [1.29, 1.82) is 0 Å². The average Bonchev–Trinajstić information content (AvgIpc) is 3.53. The molecule has 13 heteroatoms. The molecule has 1 aromatic heterocycles. The van der Waals surface area contributed by atoms with Gasteiger partial charge in [-0.3, -0.25) is 14.9 Å². The van der Waals surface area contributed by atoms with E-state index in [9.17, 15) is 23.3 Å². The summed E-state index contributed by atoms with van der Waals surface area (Å²) in [6.45, 7) is 3.08. The Balaban J connectivity index is 1.61. The molecule has 3 aromatic rings. The summed E-state index contributed by atoms with van der Waals surface area (Å²) in [6.07, 6.45) is 1.48. The first-order valence-electron chi connectivity index (χ1n) is 11.2. The van der Waals surface area contributed by atoms with Crippen molar-refractivity contribution in [2.45, 2.75) is 37.9 Å². The van der Waals surface area contributed by atoms with Crippen molar-refractivity contribution < 1.29 is 32.0 Å².